The molecule has 0 radical (unpaired) electrons. The van der Waals surface area contributed by atoms with Crippen LogP contribution in [0.3, 0.4) is 0 Å². The summed E-state index contributed by atoms with van der Waals surface area (Å²) in [6.07, 6.45) is 0.0937. The highest BCUT2D eigenvalue weighted by molar-refractivity contribution is 9.11. The zero-order valence-corrected chi connectivity index (χ0v) is 24.2. The molecule has 0 heterocycles. The Kier molecular flexibility index (Phi) is 9.50. The summed E-state index contributed by atoms with van der Waals surface area (Å²) in [6, 6.07) is 13.3. The van der Waals surface area contributed by atoms with Gasteiger partial charge in [0.15, 0.2) is 11.5 Å². The molecule has 0 spiro atoms. The smallest absolute Gasteiger partial charge is 0.309 e. The third-order valence-electron chi connectivity index (χ3n) is 5.40. The van der Waals surface area contributed by atoms with Crippen molar-refractivity contribution in [2.75, 3.05) is 14.2 Å². The molecule has 0 saturated carbocycles. The molecule has 3 aromatic carbocycles. The Balaban J connectivity index is 2.11. The molecule has 0 bridgehead atoms. The molecular weight excluding hydrogens is 608 g/mol. The van der Waals surface area contributed by atoms with Crippen LogP contribution >= 0.6 is 31.9 Å². The average Bonchev–Trinajstić information content (AvgIpc) is 2.85. The minimum absolute atomic E-state index is 0.0862. The van der Waals surface area contributed by atoms with Crippen LogP contribution in [0.2, 0.25) is 0 Å². The van der Waals surface area contributed by atoms with Gasteiger partial charge in [-0.15, -0.1) is 0 Å². The second kappa shape index (κ2) is 12.4. The van der Waals surface area contributed by atoms with Gasteiger partial charge in [-0.25, -0.2) is 0 Å². The van der Waals surface area contributed by atoms with Crippen LogP contribution in [0.15, 0.2) is 57.5 Å². The van der Waals surface area contributed by atoms with E-state index in [0.29, 0.717) is 37.3 Å². The zero-order valence-electron chi connectivity index (χ0n) is 21.0. The van der Waals surface area contributed by atoms with Crippen LogP contribution in [0, 0.1) is 0 Å². The fraction of sp³-hybridized carbons (Fsp3) is 0.250. The normalized spacial score (nSPS) is 10.7. The van der Waals surface area contributed by atoms with E-state index in [4.69, 9.17) is 18.9 Å². The van der Waals surface area contributed by atoms with E-state index < -0.39 is 5.97 Å². The highest BCUT2D eigenvalue weighted by Gasteiger charge is 2.23. The van der Waals surface area contributed by atoms with Crippen LogP contribution in [-0.2, 0) is 20.7 Å². The molecule has 3 rings (SSSR count). The Morgan fingerprint density at radius 1 is 0.919 bits per heavy atom. The Hall–Kier alpha value is -3.17. The lowest BCUT2D eigenvalue weighted by atomic mass is 9.95. The lowest BCUT2D eigenvalue weighted by Gasteiger charge is -2.19. The molecule has 0 aliphatic heterocycles. The molecule has 0 N–H and O–H groups in total. The number of hydrogen-bond acceptors (Lipinski definition) is 7. The second-order valence-corrected chi connectivity index (χ2v) is 10.1. The second-order valence-electron chi connectivity index (χ2n) is 8.44. The number of benzene rings is 3. The Bertz CT molecular complexity index is 1330. The van der Waals surface area contributed by atoms with E-state index in [-0.39, 0.29) is 35.4 Å². The van der Waals surface area contributed by atoms with E-state index in [1.54, 1.807) is 49.6 Å². The van der Waals surface area contributed by atoms with Crippen molar-refractivity contribution in [2.24, 2.45) is 0 Å². The summed E-state index contributed by atoms with van der Waals surface area (Å²) >= 11 is 7.03. The lowest BCUT2D eigenvalue weighted by molar-refractivity contribution is -0.139. The first-order chi connectivity index (χ1) is 17.5. The van der Waals surface area contributed by atoms with Gasteiger partial charge in [0.1, 0.15) is 17.2 Å². The summed E-state index contributed by atoms with van der Waals surface area (Å²) in [4.78, 5) is 36.8. The van der Waals surface area contributed by atoms with Crippen molar-refractivity contribution in [1.82, 2.24) is 0 Å². The minimum atomic E-state index is -0.484. The molecule has 0 amide bonds. The number of halogens is 2. The van der Waals surface area contributed by atoms with Gasteiger partial charge in [0.05, 0.1) is 35.1 Å². The Morgan fingerprint density at radius 2 is 1.59 bits per heavy atom. The maximum absolute atomic E-state index is 13.7. The molecule has 37 heavy (non-hydrogen) atoms. The molecule has 0 unspecified atom stereocenters. The highest BCUT2D eigenvalue weighted by atomic mass is 79.9. The molecule has 0 saturated heterocycles. The first kappa shape index (κ1) is 28.4. The maximum atomic E-state index is 13.7. The minimum Gasteiger partial charge on any atom is -0.496 e. The fourth-order valence-electron chi connectivity index (χ4n) is 3.65. The average molecular weight is 634 g/mol. The molecule has 9 heteroatoms. The number of esters is 2. The molecule has 0 fully saturated rings. The van der Waals surface area contributed by atoms with Crippen LogP contribution in [0.25, 0.3) is 0 Å². The molecule has 0 atom stereocenters. The molecule has 0 aliphatic rings. The Morgan fingerprint density at radius 3 is 2.16 bits per heavy atom. The number of carbonyl (C=O) groups excluding carboxylic acids is 3. The monoisotopic (exact) mass is 632 g/mol. The summed E-state index contributed by atoms with van der Waals surface area (Å²) in [5.41, 5.74) is 2.15. The summed E-state index contributed by atoms with van der Waals surface area (Å²) in [5, 5.41) is 0. The fourth-order valence-corrected chi connectivity index (χ4v) is 5.09. The predicted octanol–water partition coefficient (Wildman–Crippen LogP) is 7.01. The van der Waals surface area contributed by atoms with Gasteiger partial charge in [-0.3, -0.25) is 14.4 Å². The first-order valence-electron chi connectivity index (χ1n) is 11.3. The summed E-state index contributed by atoms with van der Waals surface area (Å²) < 4.78 is 23.0. The Labute approximate surface area is 232 Å². The van der Waals surface area contributed by atoms with Gasteiger partial charge >= 0.3 is 11.9 Å². The van der Waals surface area contributed by atoms with Gasteiger partial charge in [-0.05, 0) is 79.7 Å². The van der Waals surface area contributed by atoms with E-state index in [1.807, 2.05) is 13.8 Å². The number of rotatable bonds is 9. The number of ether oxygens (including phenoxy) is 4. The summed E-state index contributed by atoms with van der Waals surface area (Å²) in [5.74, 6) is 0.447. The summed E-state index contributed by atoms with van der Waals surface area (Å²) in [6.45, 7) is 5.32. The molecule has 3 aromatic rings. The molecule has 7 nitrogen and oxygen atoms in total. The first-order valence-corrected chi connectivity index (χ1v) is 12.9. The van der Waals surface area contributed by atoms with Crippen molar-refractivity contribution < 1.29 is 33.3 Å². The third-order valence-corrected chi connectivity index (χ3v) is 6.58. The van der Waals surface area contributed by atoms with Gasteiger partial charge in [-0.2, -0.15) is 0 Å². The molecule has 0 aliphatic carbocycles. The number of hydrogen-bond donors (Lipinski definition) is 0. The predicted molar refractivity (Wildman–Crippen MR) is 146 cm³/mol. The molecule has 0 aromatic heterocycles. The van der Waals surface area contributed by atoms with Crippen LogP contribution in [-0.4, -0.2) is 31.9 Å². The van der Waals surface area contributed by atoms with E-state index in [2.05, 4.69) is 31.9 Å². The maximum Gasteiger partial charge on any atom is 0.309 e. The van der Waals surface area contributed by atoms with E-state index >= 15 is 0 Å². The van der Waals surface area contributed by atoms with Crippen molar-refractivity contribution in [3.05, 3.63) is 79.7 Å². The van der Waals surface area contributed by atoms with Crippen molar-refractivity contribution in [2.45, 2.75) is 33.1 Å². The van der Waals surface area contributed by atoms with Gasteiger partial charge < -0.3 is 18.9 Å². The largest absolute Gasteiger partial charge is 0.496 e. The number of carbonyl (C=O) groups is 3. The molecule has 194 valence electrons. The third kappa shape index (κ3) is 6.99. The topological polar surface area (TPSA) is 88.1 Å². The van der Waals surface area contributed by atoms with Crippen LogP contribution in [0.5, 0.6) is 23.0 Å². The van der Waals surface area contributed by atoms with Crippen molar-refractivity contribution in [3.8, 4) is 23.0 Å². The highest BCUT2D eigenvalue weighted by Crippen LogP contribution is 2.42. The standard InChI is InChI=1S/C28H26Br2O7/c1-15(2)20-13-25(37-28-22(29)9-17(10-23(28)30)11-26(32)35-5)21(14-24(20)34-4)27(33)18-7-6-8-19(12-18)36-16(3)31/h6-10,12-15H,11H2,1-5H3. The quantitative estimate of drug-likeness (QED) is 0.142. The van der Waals surface area contributed by atoms with Crippen molar-refractivity contribution >= 4 is 49.6 Å². The van der Waals surface area contributed by atoms with E-state index in [0.717, 1.165) is 5.56 Å². The SMILES string of the molecule is COC(=O)Cc1cc(Br)c(Oc2cc(C(C)C)c(OC)cc2C(=O)c2cccc(OC(C)=O)c2)c(Br)c1. The zero-order chi connectivity index (χ0) is 27.3. The summed E-state index contributed by atoms with van der Waals surface area (Å²) in [7, 11) is 2.88. The van der Waals surface area contributed by atoms with Crippen molar-refractivity contribution in [1.29, 1.82) is 0 Å². The van der Waals surface area contributed by atoms with Crippen LogP contribution in [0.4, 0.5) is 0 Å². The van der Waals surface area contributed by atoms with E-state index in [1.165, 1.54) is 20.1 Å². The molecular formula is C28H26Br2O7. The van der Waals surface area contributed by atoms with E-state index in [9.17, 15) is 14.4 Å². The van der Waals surface area contributed by atoms with Gasteiger partial charge in [0.2, 0.25) is 0 Å². The number of ketones is 1. The van der Waals surface area contributed by atoms with Gasteiger partial charge in [-0.1, -0.05) is 26.0 Å². The van der Waals surface area contributed by atoms with Crippen LogP contribution in [0.1, 0.15) is 53.7 Å². The lowest BCUT2D eigenvalue weighted by Crippen LogP contribution is -2.08. The number of methoxy groups -OCH3 is 2. The van der Waals surface area contributed by atoms with Gasteiger partial charge in [0.25, 0.3) is 0 Å². The van der Waals surface area contributed by atoms with Crippen molar-refractivity contribution in [3.63, 3.8) is 0 Å². The van der Waals surface area contributed by atoms with Gasteiger partial charge in [0, 0.05) is 18.1 Å². The van der Waals surface area contributed by atoms with Crippen LogP contribution < -0.4 is 14.2 Å².